The molecule has 1 fully saturated rings. The molecule has 1 aliphatic rings. The Hall–Kier alpha value is -0.860. The van der Waals surface area contributed by atoms with Crippen LogP contribution in [0, 0.1) is 0 Å². The highest BCUT2D eigenvalue weighted by Crippen LogP contribution is 2.23. The van der Waals surface area contributed by atoms with Crippen molar-refractivity contribution in [2.45, 2.75) is 45.2 Å². The zero-order valence-electron chi connectivity index (χ0n) is 11.1. The van der Waals surface area contributed by atoms with E-state index in [9.17, 15) is 0 Å². The van der Waals surface area contributed by atoms with E-state index >= 15 is 0 Å². The van der Waals surface area contributed by atoms with E-state index in [0.717, 1.165) is 6.54 Å². The van der Waals surface area contributed by atoms with Crippen LogP contribution in [0.15, 0.2) is 24.3 Å². The molecule has 1 heterocycles. The van der Waals surface area contributed by atoms with Crippen LogP contribution in [0.1, 0.15) is 44.2 Å². The fraction of sp³-hybridized carbons (Fsp3) is 0.600. The van der Waals surface area contributed by atoms with E-state index in [1.165, 1.54) is 43.5 Å². The average Bonchev–Trinajstić information content (AvgIpc) is 2.30. The molecule has 0 aromatic heterocycles. The minimum absolute atomic E-state index is 0.244. The van der Waals surface area contributed by atoms with Gasteiger partial charge in [0.25, 0.3) is 0 Å². The van der Waals surface area contributed by atoms with Gasteiger partial charge in [-0.1, -0.05) is 30.7 Å². The molecule has 0 unspecified atom stereocenters. The van der Waals surface area contributed by atoms with Crippen LogP contribution in [0.4, 0.5) is 0 Å². The lowest BCUT2D eigenvalue weighted by Gasteiger charge is -2.29. The summed E-state index contributed by atoms with van der Waals surface area (Å²) in [5.74, 6) is 0. The van der Waals surface area contributed by atoms with Crippen LogP contribution in [-0.2, 0) is 12.1 Å². The summed E-state index contributed by atoms with van der Waals surface area (Å²) in [6.45, 7) is 7.69. The summed E-state index contributed by atoms with van der Waals surface area (Å²) < 4.78 is 0. The molecular weight excluding hydrogens is 208 g/mol. The molecule has 1 aromatic carbocycles. The van der Waals surface area contributed by atoms with Crippen LogP contribution in [-0.4, -0.2) is 18.0 Å². The normalized spacial score (nSPS) is 18.3. The molecule has 17 heavy (non-hydrogen) atoms. The maximum absolute atomic E-state index is 6.24. The van der Waals surface area contributed by atoms with Crippen LogP contribution in [0.25, 0.3) is 0 Å². The largest absolute Gasteiger partial charge is 0.322 e. The third-order valence-electron chi connectivity index (χ3n) is 3.55. The van der Waals surface area contributed by atoms with Gasteiger partial charge in [-0.05, 0) is 50.9 Å². The zero-order chi connectivity index (χ0) is 12.3. The quantitative estimate of drug-likeness (QED) is 0.868. The van der Waals surface area contributed by atoms with Crippen LogP contribution >= 0.6 is 0 Å². The second-order valence-corrected chi connectivity index (χ2v) is 5.72. The van der Waals surface area contributed by atoms with Gasteiger partial charge in [0.2, 0.25) is 0 Å². The third-order valence-corrected chi connectivity index (χ3v) is 3.55. The van der Waals surface area contributed by atoms with Crippen molar-refractivity contribution >= 4 is 0 Å². The van der Waals surface area contributed by atoms with Gasteiger partial charge in [0.1, 0.15) is 0 Å². The number of piperidine rings is 1. The molecule has 0 atom stereocenters. The molecule has 0 amide bonds. The van der Waals surface area contributed by atoms with Crippen LogP contribution in [0.2, 0.25) is 0 Å². The highest BCUT2D eigenvalue weighted by molar-refractivity contribution is 5.32. The minimum atomic E-state index is -0.244. The molecule has 2 nitrogen and oxygen atoms in total. The number of hydrogen-bond acceptors (Lipinski definition) is 2. The van der Waals surface area contributed by atoms with Gasteiger partial charge in [-0.25, -0.2) is 0 Å². The first-order valence-electron chi connectivity index (χ1n) is 6.67. The summed E-state index contributed by atoms with van der Waals surface area (Å²) in [4.78, 5) is 2.55. The zero-order valence-corrected chi connectivity index (χ0v) is 11.1. The molecule has 0 bridgehead atoms. The lowest BCUT2D eigenvalue weighted by atomic mass is 9.90. The summed E-state index contributed by atoms with van der Waals surface area (Å²) >= 11 is 0. The van der Waals surface area contributed by atoms with Crippen molar-refractivity contribution in [1.82, 2.24) is 4.90 Å². The Morgan fingerprint density at radius 2 is 1.76 bits per heavy atom. The van der Waals surface area contributed by atoms with E-state index in [1.54, 1.807) is 0 Å². The Morgan fingerprint density at radius 1 is 1.12 bits per heavy atom. The summed E-state index contributed by atoms with van der Waals surface area (Å²) in [5, 5.41) is 0. The van der Waals surface area contributed by atoms with Gasteiger partial charge < -0.3 is 5.73 Å². The molecule has 0 saturated carbocycles. The second-order valence-electron chi connectivity index (χ2n) is 5.72. The van der Waals surface area contributed by atoms with E-state index in [1.807, 2.05) is 0 Å². The van der Waals surface area contributed by atoms with Gasteiger partial charge in [0.15, 0.2) is 0 Å². The number of likely N-dealkylation sites (tertiary alicyclic amines) is 1. The third kappa shape index (κ3) is 3.30. The molecule has 1 aliphatic heterocycles. The van der Waals surface area contributed by atoms with Gasteiger partial charge in [0, 0.05) is 12.1 Å². The Kier molecular flexibility index (Phi) is 3.85. The van der Waals surface area contributed by atoms with E-state index < -0.39 is 0 Å². The number of rotatable bonds is 3. The van der Waals surface area contributed by atoms with Gasteiger partial charge in [-0.15, -0.1) is 0 Å². The Bertz CT molecular complexity index is 359. The molecule has 2 rings (SSSR count). The van der Waals surface area contributed by atoms with Crippen molar-refractivity contribution in [3.05, 3.63) is 35.4 Å². The van der Waals surface area contributed by atoms with Gasteiger partial charge in [-0.2, -0.15) is 0 Å². The molecule has 1 aromatic rings. The maximum atomic E-state index is 6.24. The standard InChI is InChI=1S/C15H24N2/c1-15(2,16)14-9-5-4-8-13(14)12-17-10-6-3-7-11-17/h4-5,8-9H,3,6-7,10-12,16H2,1-2H3. The van der Waals surface area contributed by atoms with E-state index in [0.29, 0.717) is 0 Å². The lowest BCUT2D eigenvalue weighted by Crippen LogP contribution is -2.33. The first kappa shape index (κ1) is 12.6. The predicted molar refractivity (Wildman–Crippen MR) is 72.8 cm³/mol. The number of nitrogens with zero attached hydrogens (tertiary/aromatic N) is 1. The van der Waals surface area contributed by atoms with Gasteiger partial charge >= 0.3 is 0 Å². The van der Waals surface area contributed by atoms with Gasteiger partial charge in [-0.3, -0.25) is 4.90 Å². The number of nitrogens with two attached hydrogens (primary N) is 1. The monoisotopic (exact) mass is 232 g/mol. The van der Waals surface area contributed by atoms with E-state index in [4.69, 9.17) is 5.73 Å². The summed E-state index contributed by atoms with van der Waals surface area (Å²) in [7, 11) is 0. The lowest BCUT2D eigenvalue weighted by molar-refractivity contribution is 0.219. The minimum Gasteiger partial charge on any atom is -0.322 e. The van der Waals surface area contributed by atoms with Crippen LogP contribution in [0.3, 0.4) is 0 Å². The fourth-order valence-electron chi connectivity index (χ4n) is 2.65. The van der Waals surface area contributed by atoms with Crippen molar-refractivity contribution in [3.8, 4) is 0 Å². The molecule has 2 N–H and O–H groups in total. The molecule has 94 valence electrons. The summed E-state index contributed by atoms with van der Waals surface area (Å²) in [6, 6.07) is 8.59. The van der Waals surface area contributed by atoms with Gasteiger partial charge in [0.05, 0.1) is 0 Å². The molecule has 0 spiro atoms. The number of benzene rings is 1. The van der Waals surface area contributed by atoms with Crippen LogP contribution in [0.5, 0.6) is 0 Å². The van der Waals surface area contributed by atoms with Crippen molar-refractivity contribution in [1.29, 1.82) is 0 Å². The summed E-state index contributed by atoms with van der Waals surface area (Å²) in [6.07, 6.45) is 4.07. The first-order chi connectivity index (χ1) is 8.07. The number of hydrogen-bond donors (Lipinski definition) is 1. The second kappa shape index (κ2) is 5.19. The SMILES string of the molecule is CC(C)(N)c1ccccc1CN1CCCCC1. The van der Waals surface area contributed by atoms with Crippen LogP contribution < -0.4 is 5.73 Å². The van der Waals surface area contributed by atoms with Crippen molar-refractivity contribution in [2.24, 2.45) is 5.73 Å². The Balaban J connectivity index is 2.14. The van der Waals surface area contributed by atoms with Crippen molar-refractivity contribution < 1.29 is 0 Å². The van der Waals surface area contributed by atoms with E-state index in [2.05, 4.69) is 43.0 Å². The maximum Gasteiger partial charge on any atom is 0.0355 e. The highest BCUT2D eigenvalue weighted by Gasteiger charge is 2.19. The van der Waals surface area contributed by atoms with Crippen molar-refractivity contribution in [2.75, 3.05) is 13.1 Å². The average molecular weight is 232 g/mol. The highest BCUT2D eigenvalue weighted by atomic mass is 15.1. The molecule has 1 saturated heterocycles. The summed E-state index contributed by atoms with van der Waals surface area (Å²) in [5.41, 5.74) is 8.67. The van der Waals surface area contributed by atoms with Crippen molar-refractivity contribution in [3.63, 3.8) is 0 Å². The molecule has 2 heteroatoms. The molecule has 0 aliphatic carbocycles. The van der Waals surface area contributed by atoms with E-state index in [-0.39, 0.29) is 5.54 Å². The predicted octanol–water partition coefficient (Wildman–Crippen LogP) is 2.87. The first-order valence-corrected chi connectivity index (χ1v) is 6.67. The molecular formula is C15H24N2. The Labute approximate surface area is 105 Å². The smallest absolute Gasteiger partial charge is 0.0355 e. The molecule has 0 radical (unpaired) electrons. The topological polar surface area (TPSA) is 29.3 Å². The fourth-order valence-corrected chi connectivity index (χ4v) is 2.65. The Morgan fingerprint density at radius 3 is 2.41 bits per heavy atom.